The van der Waals surface area contributed by atoms with Gasteiger partial charge in [0.2, 0.25) is 0 Å². The quantitative estimate of drug-likeness (QED) is 0.825. The van der Waals surface area contributed by atoms with E-state index >= 15 is 0 Å². The summed E-state index contributed by atoms with van der Waals surface area (Å²) < 4.78 is 1.14. The molecular weight excluding hydrogens is 262 g/mol. The van der Waals surface area contributed by atoms with Crippen molar-refractivity contribution in [3.05, 3.63) is 20.8 Å². The lowest BCUT2D eigenvalue weighted by Gasteiger charge is -2.16. The number of hydrogen-bond acceptors (Lipinski definition) is 3. The van der Waals surface area contributed by atoms with E-state index in [9.17, 15) is 4.79 Å². The van der Waals surface area contributed by atoms with Crippen molar-refractivity contribution in [2.45, 2.75) is 18.9 Å². The van der Waals surface area contributed by atoms with Crippen LogP contribution in [-0.4, -0.2) is 30.3 Å². The van der Waals surface area contributed by atoms with Crippen LogP contribution in [0.3, 0.4) is 0 Å². The Balaban J connectivity index is 2.06. The lowest BCUT2D eigenvalue weighted by Crippen LogP contribution is -2.31. The average molecular weight is 274 g/mol. The molecule has 1 fully saturated rings. The van der Waals surface area contributed by atoms with E-state index in [4.69, 9.17) is 0 Å². The minimum atomic E-state index is 0.112. The summed E-state index contributed by atoms with van der Waals surface area (Å²) in [5.41, 5.74) is 0. The molecule has 1 saturated heterocycles. The molecule has 1 aliphatic heterocycles. The van der Waals surface area contributed by atoms with Gasteiger partial charge < -0.3 is 0 Å². The van der Waals surface area contributed by atoms with E-state index in [1.54, 1.807) is 11.3 Å². The van der Waals surface area contributed by atoms with Crippen LogP contribution >= 0.6 is 27.3 Å². The topological polar surface area (TPSA) is 20.3 Å². The Labute approximate surface area is 96.0 Å². The first-order valence-electron chi connectivity index (χ1n) is 4.64. The first kappa shape index (κ1) is 10.3. The van der Waals surface area contributed by atoms with Crippen LogP contribution in [0.4, 0.5) is 0 Å². The number of rotatable bonds is 2. The van der Waals surface area contributed by atoms with Crippen molar-refractivity contribution in [1.29, 1.82) is 0 Å². The molecule has 4 heteroatoms. The summed E-state index contributed by atoms with van der Waals surface area (Å²) in [5, 5.41) is 0. The lowest BCUT2D eigenvalue weighted by atomic mass is 10.1. The summed E-state index contributed by atoms with van der Waals surface area (Å²) in [6, 6.07) is 4.24. The van der Waals surface area contributed by atoms with Crippen LogP contribution in [0.25, 0.3) is 0 Å². The standard InChI is InChI=1S/C10H12BrNOS/c1-12-5-4-9(13)8(12)6-7-2-3-10(11)14-7/h2-3,8H,4-6H2,1H3. The molecule has 76 valence electrons. The fraction of sp³-hybridized carbons (Fsp3) is 0.500. The zero-order chi connectivity index (χ0) is 10.1. The third kappa shape index (κ3) is 2.07. The number of halogens is 1. The van der Waals surface area contributed by atoms with Crippen molar-refractivity contribution in [3.63, 3.8) is 0 Å². The molecule has 0 amide bonds. The molecule has 0 bridgehead atoms. The van der Waals surface area contributed by atoms with E-state index < -0.39 is 0 Å². The van der Waals surface area contributed by atoms with Crippen LogP contribution in [0.2, 0.25) is 0 Å². The fourth-order valence-corrected chi connectivity index (χ4v) is 3.30. The van der Waals surface area contributed by atoms with Gasteiger partial charge in [-0.15, -0.1) is 11.3 Å². The van der Waals surface area contributed by atoms with Gasteiger partial charge in [0.25, 0.3) is 0 Å². The molecule has 0 aliphatic carbocycles. The van der Waals surface area contributed by atoms with Crippen LogP contribution in [-0.2, 0) is 11.2 Å². The van der Waals surface area contributed by atoms with Crippen molar-refractivity contribution in [3.8, 4) is 0 Å². The lowest BCUT2D eigenvalue weighted by molar-refractivity contribution is -0.119. The van der Waals surface area contributed by atoms with E-state index in [1.807, 2.05) is 13.1 Å². The number of likely N-dealkylation sites (N-methyl/N-ethyl adjacent to an activating group) is 1. The van der Waals surface area contributed by atoms with E-state index in [1.165, 1.54) is 4.88 Å². The largest absolute Gasteiger partial charge is 0.298 e. The summed E-state index contributed by atoms with van der Waals surface area (Å²) in [5.74, 6) is 0.386. The zero-order valence-electron chi connectivity index (χ0n) is 8.00. The maximum absolute atomic E-state index is 11.5. The van der Waals surface area contributed by atoms with Crippen LogP contribution in [0, 0.1) is 0 Å². The SMILES string of the molecule is CN1CCC(=O)C1Cc1ccc(Br)s1. The van der Waals surface area contributed by atoms with E-state index in [0.29, 0.717) is 12.2 Å². The van der Waals surface area contributed by atoms with Gasteiger partial charge in [-0.1, -0.05) is 0 Å². The maximum atomic E-state index is 11.5. The molecule has 2 rings (SSSR count). The van der Waals surface area contributed by atoms with Gasteiger partial charge in [0.1, 0.15) is 0 Å². The van der Waals surface area contributed by atoms with Gasteiger partial charge >= 0.3 is 0 Å². The van der Waals surface area contributed by atoms with Crippen LogP contribution in [0.1, 0.15) is 11.3 Å². The molecule has 2 nitrogen and oxygen atoms in total. The maximum Gasteiger partial charge on any atom is 0.151 e. The highest BCUT2D eigenvalue weighted by Crippen LogP contribution is 2.25. The second-order valence-corrected chi connectivity index (χ2v) is 6.17. The Bertz CT molecular complexity index is 350. The third-order valence-corrected chi connectivity index (χ3v) is 4.28. The number of hydrogen-bond donors (Lipinski definition) is 0. The molecule has 0 aromatic carbocycles. The van der Waals surface area contributed by atoms with Gasteiger partial charge in [0, 0.05) is 24.3 Å². The van der Waals surface area contributed by atoms with Crippen LogP contribution in [0.15, 0.2) is 15.9 Å². The molecule has 0 radical (unpaired) electrons. The zero-order valence-corrected chi connectivity index (χ0v) is 10.4. The summed E-state index contributed by atoms with van der Waals surface area (Å²) >= 11 is 5.15. The normalized spacial score (nSPS) is 23.3. The molecular formula is C10H12BrNOS. The van der Waals surface area contributed by atoms with E-state index in [0.717, 1.165) is 16.8 Å². The molecule has 14 heavy (non-hydrogen) atoms. The van der Waals surface area contributed by atoms with Crippen molar-refractivity contribution >= 4 is 33.0 Å². The highest BCUT2D eigenvalue weighted by molar-refractivity contribution is 9.11. The van der Waals surface area contributed by atoms with Crippen molar-refractivity contribution < 1.29 is 4.79 Å². The molecule has 1 aromatic rings. The summed E-state index contributed by atoms with van der Waals surface area (Å²) in [6.07, 6.45) is 1.58. The van der Waals surface area contributed by atoms with E-state index in [2.05, 4.69) is 26.9 Å². The Morgan fingerprint density at radius 1 is 1.64 bits per heavy atom. The number of likely N-dealkylation sites (tertiary alicyclic amines) is 1. The smallest absolute Gasteiger partial charge is 0.151 e. The molecule has 1 unspecified atom stereocenters. The predicted octanol–water partition coefficient (Wildman–Crippen LogP) is 2.33. The predicted molar refractivity (Wildman–Crippen MR) is 61.8 cm³/mol. The molecule has 0 saturated carbocycles. The molecule has 2 heterocycles. The van der Waals surface area contributed by atoms with Gasteiger partial charge in [0.15, 0.2) is 5.78 Å². The molecule has 1 atom stereocenters. The van der Waals surface area contributed by atoms with Gasteiger partial charge in [-0.25, -0.2) is 0 Å². The van der Waals surface area contributed by atoms with Crippen LogP contribution in [0.5, 0.6) is 0 Å². The highest BCUT2D eigenvalue weighted by Gasteiger charge is 2.29. The Hall–Kier alpha value is -0.190. The van der Waals surface area contributed by atoms with Crippen molar-refractivity contribution in [2.75, 3.05) is 13.6 Å². The summed E-state index contributed by atoms with van der Waals surface area (Å²) in [4.78, 5) is 15.0. The Kier molecular flexibility index (Phi) is 3.04. The number of carbonyl (C=O) groups is 1. The number of Topliss-reactive ketones (excluding diaryl/α,β-unsaturated/α-hetero) is 1. The first-order chi connectivity index (χ1) is 6.66. The second-order valence-electron chi connectivity index (χ2n) is 3.62. The number of thiophene rings is 1. The number of carbonyl (C=O) groups excluding carboxylic acids is 1. The second kappa shape index (κ2) is 4.13. The minimum Gasteiger partial charge on any atom is -0.298 e. The van der Waals surface area contributed by atoms with Gasteiger partial charge in [-0.2, -0.15) is 0 Å². The summed E-state index contributed by atoms with van der Waals surface area (Å²) in [6.45, 7) is 0.913. The average Bonchev–Trinajstić information content (AvgIpc) is 2.67. The highest BCUT2D eigenvalue weighted by atomic mass is 79.9. The van der Waals surface area contributed by atoms with Crippen molar-refractivity contribution in [1.82, 2.24) is 4.90 Å². The van der Waals surface area contributed by atoms with Gasteiger partial charge in [-0.3, -0.25) is 9.69 Å². The number of ketones is 1. The monoisotopic (exact) mass is 273 g/mol. The van der Waals surface area contributed by atoms with Crippen molar-refractivity contribution in [2.24, 2.45) is 0 Å². The van der Waals surface area contributed by atoms with Gasteiger partial charge in [0.05, 0.1) is 9.83 Å². The third-order valence-electron chi connectivity index (χ3n) is 2.64. The van der Waals surface area contributed by atoms with Gasteiger partial charge in [-0.05, 0) is 35.1 Å². The summed E-state index contributed by atoms with van der Waals surface area (Å²) in [7, 11) is 2.03. The Morgan fingerprint density at radius 2 is 2.43 bits per heavy atom. The molecule has 0 spiro atoms. The molecule has 0 N–H and O–H groups in total. The molecule has 1 aliphatic rings. The fourth-order valence-electron chi connectivity index (χ4n) is 1.78. The van der Waals surface area contributed by atoms with E-state index in [-0.39, 0.29) is 6.04 Å². The van der Waals surface area contributed by atoms with Crippen LogP contribution < -0.4 is 0 Å². The first-order valence-corrected chi connectivity index (χ1v) is 6.25. The number of nitrogens with zero attached hydrogens (tertiary/aromatic N) is 1. The Morgan fingerprint density at radius 3 is 2.93 bits per heavy atom. The minimum absolute atomic E-state index is 0.112. The molecule has 1 aromatic heterocycles.